The summed E-state index contributed by atoms with van der Waals surface area (Å²) in [5, 5.41) is 0.813. The number of imide groups is 1. The Morgan fingerprint density at radius 1 is 1.17 bits per heavy atom. The van der Waals surface area contributed by atoms with Crippen molar-refractivity contribution in [3.8, 4) is 0 Å². The number of benzene rings is 1. The van der Waals surface area contributed by atoms with Gasteiger partial charge in [-0.3, -0.25) is 14.4 Å². The molecular formula is C14H11F3N2O4. The maximum absolute atomic E-state index is 13.1. The molecule has 0 aromatic heterocycles. The molecule has 1 aromatic carbocycles. The fourth-order valence-electron chi connectivity index (χ4n) is 2.65. The van der Waals surface area contributed by atoms with Gasteiger partial charge >= 0.3 is 12.1 Å². The van der Waals surface area contributed by atoms with Gasteiger partial charge in [-0.25, -0.2) is 5.01 Å². The number of amides is 2. The van der Waals surface area contributed by atoms with Crippen molar-refractivity contribution >= 4 is 17.8 Å². The molecule has 2 heterocycles. The van der Waals surface area contributed by atoms with Crippen LogP contribution in [0.3, 0.4) is 0 Å². The second-order valence-electron chi connectivity index (χ2n) is 5.03. The van der Waals surface area contributed by atoms with Gasteiger partial charge in [0.25, 0.3) is 11.8 Å². The molecule has 1 saturated heterocycles. The normalized spacial score (nSPS) is 26.3. The molecule has 1 aromatic rings. The van der Waals surface area contributed by atoms with E-state index >= 15 is 0 Å². The van der Waals surface area contributed by atoms with Gasteiger partial charge in [-0.1, -0.05) is 12.1 Å². The quantitative estimate of drug-likeness (QED) is 0.476. The minimum Gasteiger partial charge on any atom is -0.465 e. The lowest BCUT2D eigenvalue weighted by molar-refractivity contribution is -0.150. The molecule has 0 aliphatic carbocycles. The van der Waals surface area contributed by atoms with E-state index in [1.54, 1.807) is 0 Å². The zero-order valence-electron chi connectivity index (χ0n) is 11.8. The number of ether oxygens (including phenoxy) is 1. The van der Waals surface area contributed by atoms with E-state index in [4.69, 9.17) is 0 Å². The molecule has 9 heteroatoms. The van der Waals surface area contributed by atoms with Crippen LogP contribution in [-0.4, -0.2) is 52.7 Å². The van der Waals surface area contributed by atoms with Crippen LogP contribution in [0.1, 0.15) is 27.6 Å². The van der Waals surface area contributed by atoms with Gasteiger partial charge < -0.3 is 4.74 Å². The summed E-state index contributed by atoms with van der Waals surface area (Å²) in [5.74, 6) is -2.88. The molecule has 0 saturated carbocycles. The number of alkyl halides is 3. The Hall–Kier alpha value is -2.42. The third-order valence-corrected chi connectivity index (χ3v) is 3.65. The summed E-state index contributed by atoms with van der Waals surface area (Å²) in [4.78, 5) is 36.2. The maximum Gasteiger partial charge on any atom is 0.408 e. The van der Waals surface area contributed by atoms with Crippen molar-refractivity contribution in [3.63, 3.8) is 0 Å². The van der Waals surface area contributed by atoms with Crippen molar-refractivity contribution in [1.82, 2.24) is 10.0 Å². The highest BCUT2D eigenvalue weighted by Gasteiger charge is 2.71. The first-order valence-electron chi connectivity index (χ1n) is 6.78. The van der Waals surface area contributed by atoms with Crippen LogP contribution in [0.5, 0.6) is 0 Å². The first kappa shape index (κ1) is 15.5. The van der Waals surface area contributed by atoms with E-state index in [9.17, 15) is 27.6 Å². The van der Waals surface area contributed by atoms with E-state index in [2.05, 4.69) is 4.74 Å². The lowest BCUT2D eigenvalue weighted by Gasteiger charge is -2.16. The number of carbonyl (C=O) groups excluding carboxylic acids is 3. The Balaban J connectivity index is 1.94. The largest absolute Gasteiger partial charge is 0.465 e. The number of halogens is 3. The summed E-state index contributed by atoms with van der Waals surface area (Å²) in [5.41, 5.74) is 0.0147. The van der Waals surface area contributed by atoms with Crippen molar-refractivity contribution in [1.29, 1.82) is 0 Å². The fourth-order valence-corrected chi connectivity index (χ4v) is 2.65. The molecule has 0 bridgehead atoms. The van der Waals surface area contributed by atoms with Crippen molar-refractivity contribution in [2.45, 2.75) is 25.2 Å². The van der Waals surface area contributed by atoms with E-state index in [0.717, 1.165) is 0 Å². The number of hydrogen-bond acceptors (Lipinski definition) is 5. The van der Waals surface area contributed by atoms with Crippen LogP contribution < -0.4 is 0 Å². The van der Waals surface area contributed by atoms with E-state index in [0.29, 0.717) is 10.0 Å². The topological polar surface area (TPSA) is 66.7 Å². The van der Waals surface area contributed by atoms with E-state index in [1.165, 1.54) is 31.2 Å². The Morgan fingerprint density at radius 2 is 1.70 bits per heavy atom. The summed E-state index contributed by atoms with van der Waals surface area (Å²) in [7, 11) is 0. The number of fused-ring (bicyclic) bond motifs is 1. The zero-order valence-corrected chi connectivity index (χ0v) is 11.8. The average molecular weight is 328 g/mol. The number of nitrogens with zero attached hydrogens (tertiary/aromatic N) is 2. The van der Waals surface area contributed by atoms with Crippen LogP contribution in [0.25, 0.3) is 0 Å². The monoisotopic (exact) mass is 328 g/mol. The molecule has 2 amide bonds. The van der Waals surface area contributed by atoms with Gasteiger partial charge in [-0.05, 0) is 19.1 Å². The Bertz CT molecular complexity index is 669. The van der Waals surface area contributed by atoms with Gasteiger partial charge in [0.15, 0.2) is 12.1 Å². The number of esters is 1. The Morgan fingerprint density at radius 3 is 2.13 bits per heavy atom. The van der Waals surface area contributed by atoms with Crippen molar-refractivity contribution < 1.29 is 32.3 Å². The highest BCUT2D eigenvalue weighted by molar-refractivity contribution is 6.21. The lowest BCUT2D eigenvalue weighted by atomic mass is 10.1. The third kappa shape index (κ3) is 2.27. The molecule has 3 rings (SSSR count). The van der Waals surface area contributed by atoms with Crippen molar-refractivity contribution in [2.24, 2.45) is 0 Å². The fraction of sp³-hybridized carbons (Fsp3) is 0.357. The second-order valence-corrected chi connectivity index (χ2v) is 5.03. The smallest absolute Gasteiger partial charge is 0.408 e. The molecule has 0 N–H and O–H groups in total. The molecule has 0 radical (unpaired) electrons. The number of carbonyl (C=O) groups is 3. The van der Waals surface area contributed by atoms with Crippen LogP contribution in [-0.2, 0) is 9.53 Å². The summed E-state index contributed by atoms with van der Waals surface area (Å²) in [6.07, 6.45) is -4.77. The van der Waals surface area contributed by atoms with Crippen LogP contribution in [0, 0.1) is 0 Å². The third-order valence-electron chi connectivity index (χ3n) is 3.65. The average Bonchev–Trinajstić information content (AvgIpc) is 3.17. The summed E-state index contributed by atoms with van der Waals surface area (Å²) >= 11 is 0. The van der Waals surface area contributed by atoms with Crippen LogP contribution in [0.4, 0.5) is 13.2 Å². The van der Waals surface area contributed by atoms with Crippen LogP contribution in [0.2, 0.25) is 0 Å². The van der Waals surface area contributed by atoms with Gasteiger partial charge in [0, 0.05) is 0 Å². The first-order chi connectivity index (χ1) is 10.8. The second kappa shape index (κ2) is 5.05. The van der Waals surface area contributed by atoms with Gasteiger partial charge in [-0.15, -0.1) is 0 Å². The van der Waals surface area contributed by atoms with Crippen molar-refractivity contribution in [2.75, 3.05) is 6.61 Å². The predicted octanol–water partition coefficient (Wildman–Crippen LogP) is 1.38. The Kier molecular flexibility index (Phi) is 3.40. The Labute approximate surface area is 128 Å². The van der Waals surface area contributed by atoms with Crippen molar-refractivity contribution in [3.05, 3.63) is 35.4 Å². The number of rotatable bonds is 3. The van der Waals surface area contributed by atoms with Crippen LogP contribution >= 0.6 is 0 Å². The minimum absolute atomic E-state index is 0.00735. The molecule has 6 nitrogen and oxygen atoms in total. The molecule has 2 aliphatic rings. The highest BCUT2D eigenvalue weighted by atomic mass is 19.4. The lowest BCUT2D eigenvalue weighted by Crippen LogP contribution is -2.39. The molecule has 2 aliphatic heterocycles. The van der Waals surface area contributed by atoms with E-state index < -0.39 is 36.0 Å². The number of hydrazine groups is 1. The molecular weight excluding hydrogens is 317 g/mol. The first-order valence-corrected chi connectivity index (χ1v) is 6.78. The molecule has 3 atom stereocenters. The van der Waals surface area contributed by atoms with Gasteiger partial charge in [-0.2, -0.15) is 18.2 Å². The predicted molar refractivity (Wildman–Crippen MR) is 69.0 cm³/mol. The molecule has 122 valence electrons. The standard InChI is InChI=1S/C14H11F3N2O4/c1-2-23-13(22)9-10(14(15,16)17)18(9)19-11(20)7-5-3-4-6-8(7)12(19)21/h3-6,9-10H,2H2,1H3/t9-,10-,18?/m1/s1. The summed E-state index contributed by atoms with van der Waals surface area (Å²) in [6.45, 7) is 1.35. The zero-order chi connectivity index (χ0) is 16.9. The number of hydrogen-bond donors (Lipinski definition) is 0. The minimum atomic E-state index is -4.77. The molecule has 1 unspecified atom stereocenters. The molecule has 1 fully saturated rings. The van der Waals surface area contributed by atoms with Crippen LogP contribution in [0.15, 0.2) is 24.3 Å². The van der Waals surface area contributed by atoms with E-state index in [1.807, 2.05) is 0 Å². The summed E-state index contributed by atoms with van der Waals surface area (Å²) in [6, 6.07) is 1.72. The maximum atomic E-state index is 13.1. The van der Waals surface area contributed by atoms with Gasteiger partial charge in [0.2, 0.25) is 0 Å². The summed E-state index contributed by atoms with van der Waals surface area (Å²) < 4.78 is 43.8. The van der Waals surface area contributed by atoms with E-state index in [-0.39, 0.29) is 17.7 Å². The molecule has 23 heavy (non-hydrogen) atoms. The highest BCUT2D eigenvalue weighted by Crippen LogP contribution is 2.45. The van der Waals surface area contributed by atoms with Gasteiger partial charge in [0.1, 0.15) is 0 Å². The SMILES string of the molecule is CCOC(=O)[C@H]1[C@H](C(F)(F)F)N1N1C(=O)c2ccccc2C1=O. The molecule has 0 spiro atoms. The van der Waals surface area contributed by atoms with Gasteiger partial charge in [0.05, 0.1) is 17.7 Å².